The van der Waals surface area contributed by atoms with Crippen LogP contribution in [0.25, 0.3) is 0 Å². The van der Waals surface area contributed by atoms with E-state index >= 15 is 0 Å². The second kappa shape index (κ2) is 6.46. The first-order valence-electron chi connectivity index (χ1n) is 6.13. The molecule has 1 saturated carbocycles. The molecule has 0 bridgehead atoms. The lowest BCUT2D eigenvalue weighted by Crippen LogP contribution is -2.52. The van der Waals surface area contributed by atoms with Gasteiger partial charge in [-0.25, -0.2) is 0 Å². The normalized spacial score (nSPS) is 23.4. The number of ether oxygens (including phenoxy) is 2. The van der Waals surface area contributed by atoms with E-state index in [4.69, 9.17) is 15.2 Å². The maximum absolute atomic E-state index is 6.20. The zero-order chi connectivity index (χ0) is 11.1. The molecule has 1 unspecified atom stereocenters. The van der Waals surface area contributed by atoms with Crippen molar-refractivity contribution in [2.45, 2.75) is 57.1 Å². The van der Waals surface area contributed by atoms with E-state index < -0.39 is 0 Å². The summed E-state index contributed by atoms with van der Waals surface area (Å²) in [6, 6.07) is 0.0144. The summed E-state index contributed by atoms with van der Waals surface area (Å²) in [5, 5.41) is 0. The molecule has 0 amide bonds. The number of rotatable bonds is 5. The fourth-order valence-corrected chi connectivity index (χ4v) is 2.57. The van der Waals surface area contributed by atoms with Gasteiger partial charge in [0, 0.05) is 13.7 Å². The number of nitrogens with two attached hydrogens (primary N) is 1. The van der Waals surface area contributed by atoms with Crippen LogP contribution in [0.1, 0.15) is 45.4 Å². The molecule has 0 aromatic rings. The van der Waals surface area contributed by atoms with Crippen molar-refractivity contribution in [2.75, 3.05) is 20.3 Å². The number of methoxy groups -OCH3 is 1. The van der Waals surface area contributed by atoms with Crippen molar-refractivity contribution >= 4 is 0 Å². The minimum atomic E-state index is -0.124. The van der Waals surface area contributed by atoms with Crippen LogP contribution in [-0.4, -0.2) is 32.0 Å². The number of hydrogen-bond acceptors (Lipinski definition) is 3. The van der Waals surface area contributed by atoms with Gasteiger partial charge in [-0.15, -0.1) is 0 Å². The van der Waals surface area contributed by atoms with E-state index in [-0.39, 0.29) is 11.6 Å². The third kappa shape index (κ3) is 3.44. The Labute approximate surface area is 93.3 Å². The molecule has 1 fully saturated rings. The molecule has 0 heterocycles. The smallest absolute Gasteiger partial charge is 0.0855 e. The van der Waals surface area contributed by atoms with Gasteiger partial charge in [0.2, 0.25) is 0 Å². The van der Waals surface area contributed by atoms with Crippen molar-refractivity contribution < 1.29 is 9.47 Å². The maximum Gasteiger partial charge on any atom is 0.0855 e. The van der Waals surface area contributed by atoms with E-state index in [2.05, 4.69) is 0 Å². The van der Waals surface area contributed by atoms with Crippen molar-refractivity contribution in [3.63, 3.8) is 0 Å². The maximum atomic E-state index is 6.20. The average molecular weight is 215 g/mol. The van der Waals surface area contributed by atoms with E-state index in [1.54, 1.807) is 7.11 Å². The molecular weight excluding hydrogens is 190 g/mol. The van der Waals surface area contributed by atoms with Crippen LogP contribution >= 0.6 is 0 Å². The van der Waals surface area contributed by atoms with E-state index in [9.17, 15) is 0 Å². The third-order valence-electron chi connectivity index (χ3n) is 3.40. The third-order valence-corrected chi connectivity index (χ3v) is 3.40. The number of hydrogen-bond donors (Lipinski definition) is 1. The largest absolute Gasteiger partial charge is 0.383 e. The summed E-state index contributed by atoms with van der Waals surface area (Å²) in [4.78, 5) is 0. The Hall–Kier alpha value is -0.120. The molecule has 0 aromatic heterocycles. The molecule has 0 radical (unpaired) electrons. The Kier molecular flexibility index (Phi) is 5.58. The second-order valence-corrected chi connectivity index (χ2v) is 4.47. The van der Waals surface area contributed by atoms with Crippen LogP contribution in [0.5, 0.6) is 0 Å². The Balaban J connectivity index is 2.65. The van der Waals surface area contributed by atoms with Crippen molar-refractivity contribution in [2.24, 2.45) is 5.73 Å². The van der Waals surface area contributed by atoms with Gasteiger partial charge in [-0.05, 0) is 19.8 Å². The molecule has 90 valence electrons. The van der Waals surface area contributed by atoms with Gasteiger partial charge in [0.15, 0.2) is 0 Å². The van der Waals surface area contributed by atoms with Crippen molar-refractivity contribution in [1.82, 2.24) is 0 Å². The molecule has 0 aliphatic heterocycles. The van der Waals surface area contributed by atoms with Gasteiger partial charge in [-0.2, -0.15) is 0 Å². The van der Waals surface area contributed by atoms with Crippen LogP contribution in [0.15, 0.2) is 0 Å². The van der Waals surface area contributed by atoms with Gasteiger partial charge < -0.3 is 15.2 Å². The first kappa shape index (κ1) is 12.9. The van der Waals surface area contributed by atoms with Gasteiger partial charge in [0.1, 0.15) is 0 Å². The van der Waals surface area contributed by atoms with Gasteiger partial charge in [0.25, 0.3) is 0 Å². The minimum Gasteiger partial charge on any atom is -0.383 e. The molecule has 0 spiro atoms. The highest BCUT2D eigenvalue weighted by molar-refractivity contribution is 4.92. The Morgan fingerprint density at radius 1 is 1.20 bits per heavy atom. The van der Waals surface area contributed by atoms with Crippen LogP contribution in [-0.2, 0) is 9.47 Å². The molecule has 3 heteroatoms. The topological polar surface area (TPSA) is 44.5 Å². The van der Waals surface area contributed by atoms with Crippen LogP contribution < -0.4 is 5.73 Å². The lowest BCUT2D eigenvalue weighted by Gasteiger charge is -2.37. The fourth-order valence-electron chi connectivity index (χ4n) is 2.57. The molecule has 3 nitrogen and oxygen atoms in total. The highest BCUT2D eigenvalue weighted by atomic mass is 16.5. The van der Waals surface area contributed by atoms with Crippen molar-refractivity contribution in [3.8, 4) is 0 Å². The summed E-state index contributed by atoms with van der Waals surface area (Å²) in [6.45, 7) is 3.39. The summed E-state index contributed by atoms with van der Waals surface area (Å²) in [7, 11) is 1.70. The summed E-state index contributed by atoms with van der Waals surface area (Å²) < 4.78 is 11.1. The Bertz CT molecular complexity index is 165. The molecule has 1 rings (SSSR count). The first-order valence-corrected chi connectivity index (χ1v) is 6.13. The monoisotopic (exact) mass is 215 g/mol. The quantitative estimate of drug-likeness (QED) is 0.714. The summed E-state index contributed by atoms with van der Waals surface area (Å²) in [5.74, 6) is 0. The summed E-state index contributed by atoms with van der Waals surface area (Å²) in [5.41, 5.74) is 6.08. The zero-order valence-corrected chi connectivity index (χ0v) is 10.1. The Morgan fingerprint density at radius 2 is 1.80 bits per heavy atom. The Morgan fingerprint density at radius 3 is 2.27 bits per heavy atom. The lowest BCUT2D eigenvalue weighted by atomic mass is 9.87. The SMILES string of the molecule is CCOC1(C(N)COC)CCCCCC1. The van der Waals surface area contributed by atoms with Crippen LogP contribution in [0.2, 0.25) is 0 Å². The van der Waals surface area contributed by atoms with Gasteiger partial charge >= 0.3 is 0 Å². The van der Waals surface area contributed by atoms with Gasteiger partial charge in [0.05, 0.1) is 18.2 Å². The van der Waals surface area contributed by atoms with E-state index in [0.717, 1.165) is 19.4 Å². The predicted molar refractivity (Wildman–Crippen MR) is 61.9 cm³/mol. The average Bonchev–Trinajstić information content (AvgIpc) is 2.45. The molecular formula is C12H25NO2. The van der Waals surface area contributed by atoms with Crippen LogP contribution in [0.3, 0.4) is 0 Å². The minimum absolute atomic E-state index is 0.0144. The molecule has 15 heavy (non-hydrogen) atoms. The second-order valence-electron chi connectivity index (χ2n) is 4.47. The molecule has 1 aliphatic rings. The van der Waals surface area contributed by atoms with Gasteiger partial charge in [-0.3, -0.25) is 0 Å². The molecule has 2 N–H and O–H groups in total. The van der Waals surface area contributed by atoms with E-state index in [0.29, 0.717) is 6.61 Å². The van der Waals surface area contributed by atoms with Gasteiger partial charge in [-0.1, -0.05) is 25.7 Å². The lowest BCUT2D eigenvalue weighted by molar-refractivity contribution is -0.0812. The molecule has 1 atom stereocenters. The van der Waals surface area contributed by atoms with Crippen LogP contribution in [0, 0.1) is 0 Å². The van der Waals surface area contributed by atoms with Crippen LogP contribution in [0.4, 0.5) is 0 Å². The molecule has 1 aliphatic carbocycles. The highest BCUT2D eigenvalue weighted by Crippen LogP contribution is 2.32. The molecule has 0 saturated heterocycles. The zero-order valence-electron chi connectivity index (χ0n) is 10.1. The van der Waals surface area contributed by atoms with E-state index in [1.165, 1.54) is 25.7 Å². The van der Waals surface area contributed by atoms with Crippen molar-refractivity contribution in [3.05, 3.63) is 0 Å². The first-order chi connectivity index (χ1) is 7.25. The predicted octanol–water partition coefficient (Wildman–Crippen LogP) is 2.09. The highest BCUT2D eigenvalue weighted by Gasteiger charge is 2.37. The van der Waals surface area contributed by atoms with E-state index in [1.807, 2.05) is 6.92 Å². The fraction of sp³-hybridized carbons (Fsp3) is 1.00. The van der Waals surface area contributed by atoms with Crippen molar-refractivity contribution in [1.29, 1.82) is 0 Å². The summed E-state index contributed by atoms with van der Waals surface area (Å²) in [6.07, 6.45) is 7.27. The molecule has 0 aromatic carbocycles. The standard InChI is InChI=1S/C12H25NO2/c1-3-15-12(11(13)10-14-2)8-6-4-5-7-9-12/h11H,3-10,13H2,1-2H3. The summed E-state index contributed by atoms with van der Waals surface area (Å²) >= 11 is 0.